The highest BCUT2D eigenvalue weighted by Gasteiger charge is 2.37. The minimum Gasteiger partial charge on any atom is -0.454 e. The molecule has 0 saturated carbocycles. The fraction of sp³-hybridized carbons (Fsp3) is 0. The van der Waals surface area contributed by atoms with Crippen LogP contribution in [0.2, 0.25) is 0 Å². The molecule has 0 saturated heterocycles. The van der Waals surface area contributed by atoms with E-state index in [1.54, 1.807) is 0 Å². The van der Waals surface area contributed by atoms with Crippen LogP contribution in [0.25, 0.3) is 99.2 Å². The minimum atomic E-state index is 0.291. The summed E-state index contributed by atoms with van der Waals surface area (Å²) in [4.78, 5) is 2.68. The van der Waals surface area contributed by atoms with Gasteiger partial charge in [0.1, 0.15) is 5.58 Å². The van der Waals surface area contributed by atoms with Crippen LogP contribution in [-0.2, 0) is 0 Å². The van der Waals surface area contributed by atoms with Crippen molar-refractivity contribution < 1.29 is 4.42 Å². The molecule has 0 atom stereocenters. The third kappa shape index (κ3) is 3.76. The fourth-order valence-corrected chi connectivity index (χ4v) is 12.4. The lowest BCUT2D eigenvalue weighted by atomic mass is 9.77. The van der Waals surface area contributed by atoms with Gasteiger partial charge in [0.05, 0.1) is 22.1 Å². The van der Waals surface area contributed by atoms with E-state index in [-0.39, 0.29) is 0 Å². The molecule has 0 fully saturated rings. The van der Waals surface area contributed by atoms with E-state index >= 15 is 0 Å². The number of para-hydroxylation sites is 4. The van der Waals surface area contributed by atoms with Crippen molar-refractivity contribution in [1.82, 2.24) is 9.13 Å². The summed E-state index contributed by atoms with van der Waals surface area (Å²) in [5, 5.41) is 7.43. The third-order valence-electron chi connectivity index (χ3n) is 11.5. The Bertz CT molecular complexity index is 3340. The molecule has 0 unspecified atom stereocenters. The lowest BCUT2D eigenvalue weighted by molar-refractivity contribution is 0.671. The molecule has 5 heterocycles. The van der Waals surface area contributed by atoms with Crippen molar-refractivity contribution >= 4 is 99.5 Å². The molecule has 0 radical (unpaired) electrons. The van der Waals surface area contributed by atoms with Crippen molar-refractivity contribution in [3.8, 4) is 33.6 Å². The van der Waals surface area contributed by atoms with Crippen molar-refractivity contribution in [2.24, 2.45) is 0 Å². The predicted molar refractivity (Wildman–Crippen MR) is 230 cm³/mol. The van der Waals surface area contributed by atoms with Crippen LogP contribution < -0.4 is 5.46 Å². The number of furan rings is 1. The Morgan fingerprint density at radius 1 is 0.426 bits per heavy atom. The summed E-state index contributed by atoms with van der Waals surface area (Å²) in [5.74, 6) is 0. The average molecular weight is 723 g/mol. The summed E-state index contributed by atoms with van der Waals surface area (Å²) in [6.45, 7) is 0. The Kier molecular flexibility index (Phi) is 5.85. The van der Waals surface area contributed by atoms with Gasteiger partial charge in [-0.05, 0) is 82.3 Å². The van der Waals surface area contributed by atoms with Gasteiger partial charge in [-0.3, -0.25) is 0 Å². The van der Waals surface area contributed by atoms with Gasteiger partial charge in [0, 0.05) is 53.5 Å². The molecule has 0 bridgehead atoms. The number of aromatic nitrogens is 2. The summed E-state index contributed by atoms with van der Waals surface area (Å²) < 4.78 is 12.0. The van der Waals surface area contributed by atoms with E-state index in [0.717, 1.165) is 38.7 Å². The second-order valence-corrected chi connectivity index (χ2v) is 16.9. The smallest absolute Gasteiger partial charge is 0.318 e. The maximum Gasteiger partial charge on any atom is 0.318 e. The molecule has 8 aromatic carbocycles. The standard InChI is InChI=1S/C48H27BN2OS2/c1-2-14-28(15-3-1)50-38-22-10-5-19-33(38)44-46-42(43-34-20-6-11-23-39(34)52-48(43)47(44)50)32-18-4-9-21-37(32)51(46)29-26-35-30-16-7-12-24-40(30)53-49-45(35)36(27-29)31-17-8-13-25-41(31)54-49/h1-27H. The molecular formula is C48H27BN2OS2. The lowest BCUT2D eigenvalue weighted by Crippen LogP contribution is -2.33. The highest BCUT2D eigenvalue weighted by Crippen LogP contribution is 2.52. The van der Waals surface area contributed by atoms with E-state index in [4.69, 9.17) is 4.42 Å². The van der Waals surface area contributed by atoms with E-state index in [1.165, 1.54) is 75.8 Å². The van der Waals surface area contributed by atoms with Gasteiger partial charge in [0.2, 0.25) is 0 Å². The van der Waals surface area contributed by atoms with Crippen molar-refractivity contribution in [2.45, 2.75) is 9.79 Å². The van der Waals surface area contributed by atoms with Crippen LogP contribution in [0.5, 0.6) is 0 Å². The molecule has 250 valence electrons. The zero-order chi connectivity index (χ0) is 35.1. The van der Waals surface area contributed by atoms with Crippen molar-refractivity contribution in [2.75, 3.05) is 0 Å². The van der Waals surface area contributed by atoms with E-state index in [1.807, 2.05) is 23.2 Å². The molecule has 3 aromatic heterocycles. The molecule has 2 aliphatic heterocycles. The number of rotatable bonds is 2. The minimum absolute atomic E-state index is 0.291. The number of fused-ring (bicyclic) bond motifs is 16. The maximum absolute atomic E-state index is 7.00. The lowest BCUT2D eigenvalue weighted by Gasteiger charge is -2.32. The monoisotopic (exact) mass is 722 g/mol. The van der Waals surface area contributed by atoms with Crippen LogP contribution in [0.4, 0.5) is 0 Å². The Morgan fingerprint density at radius 2 is 0.963 bits per heavy atom. The molecule has 0 N–H and O–H groups in total. The zero-order valence-corrected chi connectivity index (χ0v) is 30.4. The first-order chi connectivity index (χ1) is 26.8. The molecule has 3 nitrogen and oxygen atoms in total. The quantitative estimate of drug-likeness (QED) is 0.166. The van der Waals surface area contributed by atoms with Gasteiger partial charge in [0.15, 0.2) is 5.58 Å². The molecule has 0 amide bonds. The summed E-state index contributed by atoms with van der Waals surface area (Å²) in [6, 6.07) is 60.0. The first-order valence-electron chi connectivity index (χ1n) is 18.4. The summed E-state index contributed by atoms with van der Waals surface area (Å²) in [6.07, 6.45) is 0. The Morgan fingerprint density at radius 3 is 1.65 bits per heavy atom. The highest BCUT2D eigenvalue weighted by atomic mass is 32.2. The SMILES string of the molecule is c1ccc(-n2c3ccccc3c3c2c2oc4ccccc4c2c2c4ccccc4n(-c4cc5c6c(c4)-c4ccccc4SB6Sc4ccccc4-5)c23)cc1. The van der Waals surface area contributed by atoms with Crippen LogP contribution in [0.15, 0.2) is 178 Å². The molecule has 2 aliphatic rings. The topological polar surface area (TPSA) is 23.0 Å². The molecule has 13 rings (SSSR count). The van der Waals surface area contributed by atoms with Gasteiger partial charge in [-0.2, -0.15) is 23.2 Å². The number of hydrogen-bond acceptors (Lipinski definition) is 3. The van der Waals surface area contributed by atoms with Gasteiger partial charge in [-0.1, -0.05) is 109 Å². The number of hydrogen-bond donors (Lipinski definition) is 0. The molecule has 0 aliphatic carbocycles. The van der Waals surface area contributed by atoms with Crippen LogP contribution in [0.3, 0.4) is 0 Å². The number of nitrogens with zero attached hydrogens (tertiary/aromatic N) is 2. The Labute approximate surface area is 318 Å². The van der Waals surface area contributed by atoms with Crippen LogP contribution in [0, 0.1) is 0 Å². The molecular weight excluding hydrogens is 695 g/mol. The summed E-state index contributed by atoms with van der Waals surface area (Å²) in [5.41, 5.74) is 15.4. The van der Waals surface area contributed by atoms with Gasteiger partial charge in [-0.25, -0.2) is 0 Å². The van der Waals surface area contributed by atoms with Crippen molar-refractivity contribution in [3.05, 3.63) is 164 Å². The maximum atomic E-state index is 7.00. The Hall–Kier alpha value is -6.08. The van der Waals surface area contributed by atoms with Crippen LogP contribution >= 0.6 is 23.2 Å². The van der Waals surface area contributed by atoms with Gasteiger partial charge < -0.3 is 13.6 Å². The van der Waals surface area contributed by atoms with E-state index in [2.05, 4.69) is 173 Å². The largest absolute Gasteiger partial charge is 0.454 e. The first kappa shape index (κ1) is 29.4. The summed E-state index contributed by atoms with van der Waals surface area (Å²) >= 11 is 3.98. The number of benzene rings is 8. The van der Waals surface area contributed by atoms with Gasteiger partial charge >= 0.3 is 5.27 Å². The zero-order valence-electron chi connectivity index (χ0n) is 28.8. The highest BCUT2D eigenvalue weighted by molar-refractivity contribution is 8.56. The molecule has 6 heteroatoms. The second kappa shape index (κ2) is 10.8. The molecule has 0 spiro atoms. The summed E-state index contributed by atoms with van der Waals surface area (Å²) in [7, 11) is 0. The molecule has 11 aromatic rings. The van der Waals surface area contributed by atoms with E-state index in [0.29, 0.717) is 5.27 Å². The second-order valence-electron chi connectivity index (χ2n) is 14.3. The predicted octanol–water partition coefficient (Wildman–Crippen LogP) is 13.0. The van der Waals surface area contributed by atoms with E-state index in [9.17, 15) is 0 Å². The van der Waals surface area contributed by atoms with Gasteiger partial charge in [0.25, 0.3) is 0 Å². The van der Waals surface area contributed by atoms with Crippen LogP contribution in [0.1, 0.15) is 0 Å². The van der Waals surface area contributed by atoms with Crippen molar-refractivity contribution in [3.63, 3.8) is 0 Å². The van der Waals surface area contributed by atoms with Gasteiger partial charge in [-0.15, -0.1) is 0 Å². The third-order valence-corrected chi connectivity index (χ3v) is 14.2. The van der Waals surface area contributed by atoms with Crippen molar-refractivity contribution in [1.29, 1.82) is 0 Å². The first-order valence-corrected chi connectivity index (χ1v) is 20.1. The molecule has 54 heavy (non-hydrogen) atoms. The fourth-order valence-electron chi connectivity index (χ4n) is 9.42. The van der Waals surface area contributed by atoms with Crippen LogP contribution in [-0.4, -0.2) is 14.4 Å². The Balaban J connectivity index is 1.29. The normalized spacial score (nSPS) is 13.4. The van der Waals surface area contributed by atoms with E-state index < -0.39 is 0 Å². The average Bonchev–Trinajstić information content (AvgIpc) is 3.89.